The van der Waals surface area contributed by atoms with Crippen molar-refractivity contribution in [3.05, 3.63) is 63.2 Å². The molecule has 0 fully saturated rings. The van der Waals surface area contributed by atoms with Gasteiger partial charge in [-0.3, -0.25) is 4.79 Å². The molecule has 3 rings (SSSR count). The first-order chi connectivity index (χ1) is 11.7. The monoisotopic (exact) mass is 367 g/mol. The molecule has 2 N–H and O–H groups in total. The molecule has 1 aromatic heterocycles. The molecule has 2 aromatic rings. The number of halogens is 3. The molecule has 1 aliphatic heterocycles. The van der Waals surface area contributed by atoms with E-state index in [2.05, 4.69) is 0 Å². The topological polar surface area (TPSA) is 52.3 Å². The molecule has 0 bridgehead atoms. The van der Waals surface area contributed by atoms with Crippen molar-refractivity contribution in [2.75, 3.05) is 0 Å². The lowest BCUT2D eigenvalue weighted by Gasteiger charge is -2.16. The average Bonchev–Trinajstić information content (AvgIpc) is 3.14. The Balaban J connectivity index is 2.11. The third-order valence-corrected chi connectivity index (χ3v) is 4.96. The van der Waals surface area contributed by atoms with Gasteiger partial charge in [-0.25, -0.2) is 0 Å². The zero-order valence-corrected chi connectivity index (χ0v) is 14.4. The van der Waals surface area contributed by atoms with E-state index in [-0.39, 0.29) is 22.9 Å². The molecular formula is C18H16F3NO2S. The lowest BCUT2D eigenvalue weighted by atomic mass is 9.88. The largest absolute Gasteiger partial charge is 0.461 e. The Morgan fingerprint density at radius 3 is 2.52 bits per heavy atom. The van der Waals surface area contributed by atoms with Gasteiger partial charge in [0.25, 0.3) is 0 Å². The van der Waals surface area contributed by atoms with E-state index in [1.807, 2.05) is 13.8 Å². The highest BCUT2D eigenvalue weighted by molar-refractivity contribution is 7.10. The smallest absolute Gasteiger partial charge is 0.416 e. The van der Waals surface area contributed by atoms with Crippen LogP contribution in [0.3, 0.4) is 0 Å². The van der Waals surface area contributed by atoms with Crippen LogP contribution in [-0.2, 0) is 15.7 Å². The third kappa shape index (κ3) is 3.16. The van der Waals surface area contributed by atoms with Crippen molar-refractivity contribution in [3.8, 4) is 0 Å². The first-order valence-electron chi connectivity index (χ1n) is 7.65. The Morgan fingerprint density at radius 1 is 1.24 bits per heavy atom. The first-order valence-corrected chi connectivity index (χ1v) is 8.53. The van der Waals surface area contributed by atoms with Gasteiger partial charge in [0.15, 0.2) is 12.0 Å². The van der Waals surface area contributed by atoms with E-state index in [4.69, 9.17) is 10.5 Å². The number of ether oxygens (including phenoxy) is 1. The van der Waals surface area contributed by atoms with Gasteiger partial charge in [-0.2, -0.15) is 13.2 Å². The van der Waals surface area contributed by atoms with Crippen LogP contribution in [0, 0.1) is 0 Å². The Bertz CT molecular complexity index is 839. The second-order valence-corrected chi connectivity index (χ2v) is 7.05. The fourth-order valence-corrected chi connectivity index (χ4v) is 3.59. The summed E-state index contributed by atoms with van der Waals surface area (Å²) in [5.41, 5.74) is 5.89. The van der Waals surface area contributed by atoms with Crippen molar-refractivity contribution in [1.29, 1.82) is 0 Å². The van der Waals surface area contributed by atoms with E-state index in [1.165, 1.54) is 17.4 Å². The van der Waals surface area contributed by atoms with Crippen LogP contribution in [0.2, 0.25) is 0 Å². The van der Waals surface area contributed by atoms with Gasteiger partial charge in [-0.15, -0.1) is 11.3 Å². The summed E-state index contributed by atoms with van der Waals surface area (Å²) >= 11 is 1.33. The summed E-state index contributed by atoms with van der Waals surface area (Å²) < 4.78 is 44.8. The highest BCUT2D eigenvalue weighted by Crippen LogP contribution is 2.41. The fraction of sp³-hybridized carbons (Fsp3) is 0.278. The number of ketones is 1. The van der Waals surface area contributed by atoms with Crippen LogP contribution in [0.1, 0.15) is 47.4 Å². The van der Waals surface area contributed by atoms with Crippen LogP contribution in [0.5, 0.6) is 0 Å². The zero-order valence-electron chi connectivity index (χ0n) is 13.6. The molecule has 0 saturated heterocycles. The predicted molar refractivity (Wildman–Crippen MR) is 89.8 cm³/mol. The van der Waals surface area contributed by atoms with Crippen molar-refractivity contribution in [2.24, 2.45) is 5.73 Å². The molecule has 2 heterocycles. The minimum Gasteiger partial charge on any atom is -0.461 e. The van der Waals surface area contributed by atoms with E-state index in [9.17, 15) is 18.0 Å². The molecular weight excluding hydrogens is 351 g/mol. The number of thiophene rings is 1. The number of Topliss-reactive ketones (excluding diaryl/α,β-unsaturated/α-hetero) is 1. The predicted octanol–water partition coefficient (Wildman–Crippen LogP) is 4.86. The second kappa shape index (κ2) is 6.22. The molecule has 0 saturated carbocycles. The van der Waals surface area contributed by atoms with Crippen LogP contribution >= 0.6 is 11.3 Å². The van der Waals surface area contributed by atoms with Crippen LogP contribution in [-0.4, -0.2) is 5.78 Å². The maximum absolute atomic E-state index is 13.1. The molecule has 0 spiro atoms. The lowest BCUT2D eigenvalue weighted by molar-refractivity contribution is -0.137. The van der Waals surface area contributed by atoms with E-state index < -0.39 is 23.6 Å². The Morgan fingerprint density at radius 2 is 1.96 bits per heavy atom. The SMILES string of the molecule is CC(C)c1ccc(C(F)(F)F)cc1C1=C(N)OC(c2cccs2)C1=O. The number of alkyl halides is 3. The highest BCUT2D eigenvalue weighted by Gasteiger charge is 2.39. The van der Waals surface area contributed by atoms with Crippen LogP contribution < -0.4 is 5.73 Å². The van der Waals surface area contributed by atoms with Gasteiger partial charge in [0.05, 0.1) is 16.0 Å². The summed E-state index contributed by atoms with van der Waals surface area (Å²) in [4.78, 5) is 13.5. The van der Waals surface area contributed by atoms with Gasteiger partial charge in [0.1, 0.15) is 0 Å². The number of rotatable bonds is 3. The minimum atomic E-state index is -4.50. The molecule has 1 unspecified atom stereocenters. The standard InChI is InChI=1S/C18H16F3NO2S/c1-9(2)11-6-5-10(18(19,20)21)8-12(11)14-15(23)16(24-17(14)22)13-4-3-7-25-13/h3-9,16H,22H2,1-2H3. The number of carbonyl (C=O) groups excluding carboxylic acids is 1. The fourth-order valence-electron chi connectivity index (χ4n) is 2.84. The van der Waals surface area contributed by atoms with Crippen LogP contribution in [0.15, 0.2) is 41.6 Å². The molecule has 1 aliphatic rings. The third-order valence-electron chi connectivity index (χ3n) is 4.05. The van der Waals surface area contributed by atoms with E-state index in [0.717, 1.165) is 12.1 Å². The molecule has 25 heavy (non-hydrogen) atoms. The Kier molecular flexibility index (Phi) is 4.36. The zero-order chi connectivity index (χ0) is 18.4. The summed E-state index contributed by atoms with van der Waals surface area (Å²) in [6, 6.07) is 6.91. The summed E-state index contributed by atoms with van der Waals surface area (Å²) in [7, 11) is 0. The van der Waals surface area contributed by atoms with Crippen molar-refractivity contribution in [1.82, 2.24) is 0 Å². The second-order valence-electron chi connectivity index (χ2n) is 6.07. The maximum atomic E-state index is 13.1. The van der Waals surface area contributed by atoms with Crippen molar-refractivity contribution < 1.29 is 22.7 Å². The molecule has 1 aromatic carbocycles. The van der Waals surface area contributed by atoms with E-state index >= 15 is 0 Å². The minimum absolute atomic E-state index is 0.0215. The van der Waals surface area contributed by atoms with Crippen LogP contribution in [0.4, 0.5) is 13.2 Å². The van der Waals surface area contributed by atoms with E-state index in [1.54, 1.807) is 17.5 Å². The van der Waals surface area contributed by atoms with Gasteiger partial charge in [0.2, 0.25) is 5.78 Å². The normalized spacial score (nSPS) is 18.2. The van der Waals surface area contributed by atoms with E-state index in [0.29, 0.717) is 10.4 Å². The number of nitrogens with two attached hydrogens (primary N) is 1. The summed E-state index contributed by atoms with van der Waals surface area (Å²) in [5.74, 6) is -0.628. The van der Waals surface area contributed by atoms with Gasteiger partial charge < -0.3 is 10.5 Å². The first kappa shape index (κ1) is 17.5. The van der Waals surface area contributed by atoms with Gasteiger partial charge in [-0.1, -0.05) is 26.0 Å². The number of hydrogen-bond donors (Lipinski definition) is 1. The molecule has 0 amide bonds. The molecule has 3 nitrogen and oxygen atoms in total. The maximum Gasteiger partial charge on any atom is 0.416 e. The van der Waals surface area contributed by atoms with Crippen molar-refractivity contribution >= 4 is 22.7 Å². The molecule has 0 aliphatic carbocycles. The average molecular weight is 367 g/mol. The molecule has 0 radical (unpaired) electrons. The van der Waals surface area contributed by atoms with Crippen molar-refractivity contribution in [3.63, 3.8) is 0 Å². The summed E-state index contributed by atoms with van der Waals surface area (Å²) in [6.45, 7) is 3.69. The van der Waals surface area contributed by atoms with Gasteiger partial charge >= 0.3 is 6.18 Å². The Labute approximate surface area is 146 Å². The lowest BCUT2D eigenvalue weighted by Crippen LogP contribution is -2.12. The molecule has 1 atom stereocenters. The highest BCUT2D eigenvalue weighted by atomic mass is 32.1. The van der Waals surface area contributed by atoms with Crippen LogP contribution in [0.25, 0.3) is 5.57 Å². The molecule has 7 heteroatoms. The quantitative estimate of drug-likeness (QED) is 0.843. The van der Waals surface area contributed by atoms with Gasteiger partial charge in [0, 0.05) is 0 Å². The van der Waals surface area contributed by atoms with Crippen molar-refractivity contribution in [2.45, 2.75) is 32.0 Å². The number of carbonyl (C=O) groups is 1. The summed E-state index contributed by atoms with van der Waals surface area (Å²) in [5, 5.41) is 1.80. The van der Waals surface area contributed by atoms with Gasteiger partial charge in [-0.05, 0) is 40.6 Å². The summed E-state index contributed by atoms with van der Waals surface area (Å²) in [6.07, 6.45) is -5.40. The molecule has 132 valence electrons. The number of benzene rings is 1. The number of hydrogen-bond acceptors (Lipinski definition) is 4. The Hall–Kier alpha value is -2.28.